The van der Waals surface area contributed by atoms with Gasteiger partial charge in [-0.15, -0.1) is 0 Å². The summed E-state index contributed by atoms with van der Waals surface area (Å²) in [7, 11) is 0. The zero-order valence-corrected chi connectivity index (χ0v) is 15.6. The Bertz CT molecular complexity index is 753. The number of rotatable bonds is 6. The molecule has 0 saturated carbocycles. The average Bonchev–Trinajstić information content (AvgIpc) is 2.70. The minimum atomic E-state index is -0.307. The fraction of sp³-hybridized carbons (Fsp3) is 0.318. The molecule has 1 amide bonds. The summed E-state index contributed by atoms with van der Waals surface area (Å²) in [6, 6.07) is 15.9. The monoisotopic (exact) mass is 367 g/mol. The molecule has 2 aromatic carbocycles. The summed E-state index contributed by atoms with van der Waals surface area (Å²) in [6.45, 7) is 6.43. The number of hydrogen-bond acceptors (Lipinski definition) is 3. The van der Waals surface area contributed by atoms with Crippen LogP contribution in [0.4, 0.5) is 10.1 Å². The van der Waals surface area contributed by atoms with Crippen LogP contribution in [0.2, 0.25) is 0 Å². The van der Waals surface area contributed by atoms with Crippen LogP contribution >= 0.6 is 0 Å². The van der Waals surface area contributed by atoms with E-state index in [1.165, 1.54) is 17.7 Å². The SMILES string of the molecule is C[C@@H](C(=O)Nc1ccc(F)cc1)N1CCN(C/C=C/c2ccccc2)CC1. The Hall–Kier alpha value is -2.50. The molecule has 0 aromatic heterocycles. The Morgan fingerprint density at radius 3 is 2.41 bits per heavy atom. The lowest BCUT2D eigenvalue weighted by Gasteiger charge is -2.37. The molecule has 1 heterocycles. The summed E-state index contributed by atoms with van der Waals surface area (Å²) < 4.78 is 13.0. The van der Waals surface area contributed by atoms with Gasteiger partial charge in [0.15, 0.2) is 0 Å². The molecule has 4 nitrogen and oxygen atoms in total. The van der Waals surface area contributed by atoms with E-state index in [1.54, 1.807) is 12.1 Å². The number of carbonyl (C=O) groups is 1. The predicted octanol–water partition coefficient (Wildman–Crippen LogP) is 3.48. The second-order valence-electron chi connectivity index (χ2n) is 6.82. The molecule has 0 aliphatic carbocycles. The zero-order valence-electron chi connectivity index (χ0n) is 15.6. The van der Waals surface area contributed by atoms with Crippen molar-refractivity contribution in [1.82, 2.24) is 9.80 Å². The normalized spacial score (nSPS) is 17.1. The number of carbonyl (C=O) groups excluding carboxylic acids is 1. The highest BCUT2D eigenvalue weighted by molar-refractivity contribution is 5.94. The standard InChI is InChI=1S/C22H26FN3O/c1-18(22(27)24-21-11-9-20(23)10-12-21)26-16-14-25(15-17-26)13-5-8-19-6-3-2-4-7-19/h2-12,18H,13-17H2,1H3,(H,24,27)/b8-5+/t18-/m0/s1. The van der Waals surface area contributed by atoms with Crippen molar-refractivity contribution in [2.45, 2.75) is 13.0 Å². The molecular formula is C22H26FN3O. The van der Waals surface area contributed by atoms with Crippen LogP contribution in [0.1, 0.15) is 12.5 Å². The van der Waals surface area contributed by atoms with Gasteiger partial charge in [0.05, 0.1) is 6.04 Å². The summed E-state index contributed by atoms with van der Waals surface area (Å²) in [4.78, 5) is 17.0. The molecule has 1 aliphatic heterocycles. The van der Waals surface area contributed by atoms with Crippen LogP contribution in [0.25, 0.3) is 6.08 Å². The minimum absolute atomic E-state index is 0.0565. The Morgan fingerprint density at radius 1 is 1.07 bits per heavy atom. The average molecular weight is 367 g/mol. The topological polar surface area (TPSA) is 35.6 Å². The van der Waals surface area contributed by atoms with E-state index in [0.29, 0.717) is 5.69 Å². The third-order valence-corrected chi connectivity index (χ3v) is 4.92. The third-order valence-electron chi connectivity index (χ3n) is 4.92. The Labute approximate surface area is 160 Å². The van der Waals surface area contributed by atoms with Crippen LogP contribution < -0.4 is 5.32 Å². The number of benzene rings is 2. The maximum Gasteiger partial charge on any atom is 0.241 e. The van der Waals surface area contributed by atoms with Crippen molar-refractivity contribution in [3.05, 3.63) is 72.1 Å². The molecule has 0 spiro atoms. The van der Waals surface area contributed by atoms with Crippen LogP contribution in [-0.2, 0) is 4.79 Å². The van der Waals surface area contributed by atoms with Crippen molar-refractivity contribution in [1.29, 1.82) is 0 Å². The highest BCUT2D eigenvalue weighted by Gasteiger charge is 2.25. The highest BCUT2D eigenvalue weighted by Crippen LogP contribution is 2.12. The molecule has 1 N–H and O–H groups in total. The van der Waals surface area contributed by atoms with Gasteiger partial charge in [-0.2, -0.15) is 0 Å². The first kappa shape index (κ1) is 19.3. The lowest BCUT2D eigenvalue weighted by molar-refractivity contribution is -0.121. The minimum Gasteiger partial charge on any atom is -0.325 e. The maximum atomic E-state index is 13.0. The Morgan fingerprint density at radius 2 is 1.74 bits per heavy atom. The molecule has 2 aromatic rings. The van der Waals surface area contributed by atoms with E-state index in [-0.39, 0.29) is 17.8 Å². The van der Waals surface area contributed by atoms with Gasteiger partial charge in [0.2, 0.25) is 5.91 Å². The quantitative estimate of drug-likeness (QED) is 0.849. The van der Waals surface area contributed by atoms with Gasteiger partial charge < -0.3 is 5.32 Å². The molecular weight excluding hydrogens is 341 g/mol. The molecule has 0 radical (unpaired) electrons. The van der Waals surface area contributed by atoms with Gasteiger partial charge in [0.25, 0.3) is 0 Å². The van der Waals surface area contributed by atoms with Crippen LogP contribution in [0.3, 0.4) is 0 Å². The number of anilines is 1. The molecule has 1 saturated heterocycles. The molecule has 0 bridgehead atoms. The van der Waals surface area contributed by atoms with Crippen molar-refractivity contribution >= 4 is 17.7 Å². The van der Waals surface area contributed by atoms with Gasteiger partial charge in [-0.3, -0.25) is 14.6 Å². The van der Waals surface area contributed by atoms with Gasteiger partial charge in [0, 0.05) is 38.4 Å². The number of piperazine rings is 1. The van der Waals surface area contributed by atoms with Gasteiger partial charge in [-0.1, -0.05) is 42.5 Å². The summed E-state index contributed by atoms with van der Waals surface area (Å²) in [5.41, 5.74) is 1.83. The molecule has 142 valence electrons. The lowest BCUT2D eigenvalue weighted by atomic mass is 10.2. The number of amides is 1. The second-order valence-corrected chi connectivity index (χ2v) is 6.82. The Kier molecular flexibility index (Phi) is 6.74. The van der Waals surface area contributed by atoms with Gasteiger partial charge in [0.1, 0.15) is 5.82 Å². The fourth-order valence-corrected chi connectivity index (χ4v) is 3.18. The van der Waals surface area contributed by atoms with Crippen molar-refractivity contribution in [2.75, 3.05) is 38.0 Å². The van der Waals surface area contributed by atoms with Gasteiger partial charge in [-0.05, 0) is 36.8 Å². The molecule has 0 unspecified atom stereocenters. The summed E-state index contributed by atoms with van der Waals surface area (Å²) in [5.74, 6) is -0.363. The third kappa shape index (κ3) is 5.74. The lowest BCUT2D eigenvalue weighted by Crippen LogP contribution is -2.52. The van der Waals surface area contributed by atoms with E-state index < -0.39 is 0 Å². The van der Waals surface area contributed by atoms with Crippen molar-refractivity contribution in [3.8, 4) is 0 Å². The van der Waals surface area contributed by atoms with Crippen molar-refractivity contribution in [2.24, 2.45) is 0 Å². The maximum absolute atomic E-state index is 13.0. The highest BCUT2D eigenvalue weighted by atomic mass is 19.1. The van der Waals surface area contributed by atoms with Crippen LogP contribution in [-0.4, -0.2) is 54.5 Å². The number of nitrogens with one attached hydrogen (secondary N) is 1. The van der Waals surface area contributed by atoms with E-state index in [2.05, 4.69) is 39.4 Å². The van der Waals surface area contributed by atoms with E-state index >= 15 is 0 Å². The number of nitrogens with zero attached hydrogens (tertiary/aromatic N) is 2. The van der Waals surface area contributed by atoms with E-state index in [0.717, 1.165) is 32.7 Å². The summed E-state index contributed by atoms with van der Waals surface area (Å²) in [6.07, 6.45) is 4.33. The molecule has 1 fully saturated rings. The van der Waals surface area contributed by atoms with Crippen molar-refractivity contribution < 1.29 is 9.18 Å². The molecule has 1 aliphatic rings. The summed E-state index contributed by atoms with van der Waals surface area (Å²) >= 11 is 0. The van der Waals surface area contributed by atoms with E-state index in [9.17, 15) is 9.18 Å². The Balaban J connectivity index is 1.43. The molecule has 5 heteroatoms. The van der Waals surface area contributed by atoms with Crippen LogP contribution in [0, 0.1) is 5.82 Å². The zero-order chi connectivity index (χ0) is 19.1. The molecule has 3 rings (SSSR count). The van der Waals surface area contributed by atoms with E-state index in [1.807, 2.05) is 25.1 Å². The largest absolute Gasteiger partial charge is 0.325 e. The van der Waals surface area contributed by atoms with Crippen molar-refractivity contribution in [3.63, 3.8) is 0 Å². The van der Waals surface area contributed by atoms with Crippen LogP contribution in [0.15, 0.2) is 60.7 Å². The number of hydrogen-bond donors (Lipinski definition) is 1. The first-order valence-electron chi connectivity index (χ1n) is 9.36. The molecule has 1 atom stereocenters. The van der Waals surface area contributed by atoms with Gasteiger partial charge >= 0.3 is 0 Å². The smallest absolute Gasteiger partial charge is 0.241 e. The van der Waals surface area contributed by atoms with Crippen LogP contribution in [0.5, 0.6) is 0 Å². The fourth-order valence-electron chi connectivity index (χ4n) is 3.18. The molecule has 27 heavy (non-hydrogen) atoms. The first-order chi connectivity index (χ1) is 13.1. The summed E-state index contributed by atoms with van der Waals surface area (Å²) in [5, 5.41) is 2.86. The van der Waals surface area contributed by atoms with E-state index in [4.69, 9.17) is 0 Å². The van der Waals surface area contributed by atoms with Gasteiger partial charge in [-0.25, -0.2) is 4.39 Å². The predicted molar refractivity (Wildman–Crippen MR) is 108 cm³/mol. The second kappa shape index (κ2) is 9.44. The number of halogens is 1. The first-order valence-corrected chi connectivity index (χ1v) is 9.36.